The Morgan fingerprint density at radius 1 is 1.14 bits per heavy atom. The first-order valence-corrected chi connectivity index (χ1v) is 19.0. The highest BCUT2D eigenvalue weighted by molar-refractivity contribution is 6.32. The predicted octanol–water partition coefficient (Wildman–Crippen LogP) is 7.73. The average molecular weight is 720 g/mol. The second-order valence-corrected chi connectivity index (χ2v) is 16.0. The number of anilines is 1. The Labute approximate surface area is 304 Å². The summed E-state index contributed by atoms with van der Waals surface area (Å²) in [5, 5.41) is 11.7. The molecule has 3 saturated heterocycles. The van der Waals surface area contributed by atoms with Crippen LogP contribution in [0.2, 0.25) is 5.02 Å². The molecular weight excluding hydrogens is 672 g/mol. The van der Waals surface area contributed by atoms with Crippen LogP contribution < -0.4 is 9.64 Å². The number of ether oxygens (including phenoxy) is 2. The van der Waals surface area contributed by atoms with E-state index in [1.807, 2.05) is 32.9 Å². The van der Waals surface area contributed by atoms with Crippen LogP contribution in [-0.2, 0) is 15.8 Å². The van der Waals surface area contributed by atoms with Gasteiger partial charge in [-0.2, -0.15) is 9.97 Å². The molecule has 9 rings (SSSR count). The second-order valence-electron chi connectivity index (χ2n) is 15.6. The van der Waals surface area contributed by atoms with Crippen molar-refractivity contribution >= 4 is 23.5 Å². The summed E-state index contributed by atoms with van der Waals surface area (Å²) in [6.07, 6.45) is 7.54. The zero-order valence-electron chi connectivity index (χ0n) is 30.1. The van der Waals surface area contributed by atoms with Gasteiger partial charge in [0.2, 0.25) is 0 Å². The molecule has 3 aliphatic heterocycles. The first kappa shape index (κ1) is 34.9. The van der Waals surface area contributed by atoms with Gasteiger partial charge in [0.05, 0.1) is 36.7 Å². The number of benzene rings is 1. The summed E-state index contributed by atoms with van der Waals surface area (Å²) in [4.78, 5) is 19.6. The largest absolute Gasteiger partial charge is 0.461 e. The van der Waals surface area contributed by atoms with Crippen molar-refractivity contribution < 1.29 is 23.4 Å². The third kappa shape index (κ3) is 5.58. The van der Waals surface area contributed by atoms with E-state index in [0.29, 0.717) is 79.8 Å². The second kappa shape index (κ2) is 12.5. The SMILES string of the molecule is C=Cc1c(C)cc(Cl)c(C2(F)CC2)c1-c1nccc2c1C1(CC1)c1nc(OC[C@@]34CCCN3C[C@H](F)C4)nc(N3CCOC[C@@](C)(O)C3)c1-2.CC. The van der Waals surface area contributed by atoms with Gasteiger partial charge in [-0.15, -0.1) is 0 Å². The number of alkyl halides is 2. The molecular formula is C40H48ClF2N5O3. The lowest BCUT2D eigenvalue weighted by molar-refractivity contribution is -0.0123. The highest BCUT2D eigenvalue weighted by Crippen LogP contribution is 2.66. The van der Waals surface area contributed by atoms with Gasteiger partial charge in [0.1, 0.15) is 29.9 Å². The molecule has 3 aliphatic carbocycles. The Morgan fingerprint density at radius 3 is 2.65 bits per heavy atom. The van der Waals surface area contributed by atoms with Gasteiger partial charge in [0, 0.05) is 52.8 Å². The monoisotopic (exact) mass is 719 g/mol. The summed E-state index contributed by atoms with van der Waals surface area (Å²) >= 11 is 6.88. The quantitative estimate of drug-likeness (QED) is 0.266. The fourth-order valence-electron chi connectivity index (χ4n) is 9.32. The summed E-state index contributed by atoms with van der Waals surface area (Å²) in [6, 6.07) is 4.10. The minimum absolute atomic E-state index is 0.212. The standard InChI is InChI=1S/C38H42ClF2N5O3.C2H6/c1-4-24-22(2)16-26(39)30(38(41)10-11-38)27(24)31-29-25(6-12-42-31)28-32(37(29)8-9-37)43-34(44-33(28)45-14-15-48-20-35(3,47)19-45)49-21-36-7-5-13-46(36)18-23(40)17-36;1-2/h4,6,12,16,23,47H,1,5,7-11,13-15,17-21H2,2-3H3;1-2H3/t23-,35+,36+;/m1./s1. The van der Waals surface area contributed by atoms with Gasteiger partial charge in [0.15, 0.2) is 0 Å². The smallest absolute Gasteiger partial charge is 0.318 e. The van der Waals surface area contributed by atoms with E-state index >= 15 is 4.39 Å². The van der Waals surface area contributed by atoms with Gasteiger partial charge in [-0.3, -0.25) is 9.88 Å². The van der Waals surface area contributed by atoms with Crippen molar-refractivity contribution in [2.24, 2.45) is 0 Å². The van der Waals surface area contributed by atoms with Crippen LogP contribution >= 0.6 is 11.6 Å². The highest BCUT2D eigenvalue weighted by atomic mass is 35.5. The van der Waals surface area contributed by atoms with Crippen LogP contribution in [-0.4, -0.2) is 88.3 Å². The Bertz CT molecular complexity index is 1900. The van der Waals surface area contributed by atoms with Crippen LogP contribution in [0.1, 0.15) is 93.7 Å². The fraction of sp³-hybridized carbons (Fsp3) is 0.575. The van der Waals surface area contributed by atoms with Crippen molar-refractivity contribution in [1.29, 1.82) is 0 Å². The van der Waals surface area contributed by atoms with E-state index in [1.165, 1.54) is 0 Å². The van der Waals surface area contributed by atoms with E-state index in [4.69, 9.17) is 36.0 Å². The number of halogens is 3. The van der Waals surface area contributed by atoms with Crippen LogP contribution in [0.3, 0.4) is 0 Å². The zero-order valence-corrected chi connectivity index (χ0v) is 30.9. The Morgan fingerprint density at radius 2 is 1.92 bits per heavy atom. The van der Waals surface area contributed by atoms with Crippen molar-refractivity contribution in [1.82, 2.24) is 19.9 Å². The number of aromatic nitrogens is 3. The minimum atomic E-state index is -1.51. The lowest BCUT2D eigenvalue weighted by Crippen LogP contribution is -2.44. The van der Waals surface area contributed by atoms with Crippen molar-refractivity contribution in [2.75, 3.05) is 50.9 Å². The first-order chi connectivity index (χ1) is 24.5. The summed E-state index contributed by atoms with van der Waals surface area (Å²) in [5.41, 5.74) is 3.88. The van der Waals surface area contributed by atoms with Crippen molar-refractivity contribution in [3.05, 3.63) is 57.9 Å². The van der Waals surface area contributed by atoms with Crippen molar-refractivity contribution in [3.8, 4) is 28.4 Å². The molecule has 1 N–H and O–H groups in total. The highest BCUT2D eigenvalue weighted by Gasteiger charge is 2.58. The molecule has 3 atom stereocenters. The molecule has 272 valence electrons. The van der Waals surface area contributed by atoms with Crippen LogP contribution in [0.5, 0.6) is 6.01 Å². The van der Waals surface area contributed by atoms with E-state index < -0.39 is 22.9 Å². The van der Waals surface area contributed by atoms with Gasteiger partial charge < -0.3 is 19.5 Å². The van der Waals surface area contributed by atoms with Crippen molar-refractivity contribution in [3.63, 3.8) is 0 Å². The molecule has 11 heteroatoms. The minimum Gasteiger partial charge on any atom is -0.461 e. The summed E-state index contributed by atoms with van der Waals surface area (Å²) in [7, 11) is 0. The van der Waals surface area contributed by atoms with E-state index in [2.05, 4.69) is 16.4 Å². The lowest BCUT2D eigenvalue weighted by atomic mass is 9.85. The van der Waals surface area contributed by atoms with Crippen LogP contribution in [0.25, 0.3) is 28.5 Å². The van der Waals surface area contributed by atoms with E-state index in [-0.39, 0.29) is 18.2 Å². The molecule has 0 radical (unpaired) electrons. The van der Waals surface area contributed by atoms with Gasteiger partial charge in [-0.05, 0) is 93.3 Å². The van der Waals surface area contributed by atoms with Gasteiger partial charge in [0.25, 0.3) is 0 Å². The molecule has 5 fully saturated rings. The Balaban J connectivity index is 0.00000184. The van der Waals surface area contributed by atoms with Crippen LogP contribution in [0.4, 0.5) is 14.6 Å². The summed E-state index contributed by atoms with van der Waals surface area (Å²) < 4.78 is 43.2. The molecule has 6 aliphatic rings. The van der Waals surface area contributed by atoms with E-state index in [0.717, 1.165) is 65.7 Å². The third-order valence-electron chi connectivity index (χ3n) is 11.9. The number of nitrogens with zero attached hydrogens (tertiary/aromatic N) is 5. The molecule has 2 aromatic heterocycles. The van der Waals surface area contributed by atoms with E-state index in [9.17, 15) is 9.50 Å². The van der Waals surface area contributed by atoms with Crippen molar-refractivity contribution in [2.45, 2.75) is 101 Å². The van der Waals surface area contributed by atoms with Gasteiger partial charge in [-0.25, -0.2) is 8.78 Å². The number of hydrogen-bond acceptors (Lipinski definition) is 8. The molecule has 51 heavy (non-hydrogen) atoms. The topological polar surface area (TPSA) is 83.8 Å². The summed E-state index contributed by atoms with van der Waals surface area (Å²) in [5.74, 6) is 0.666. The molecule has 1 spiro atoms. The molecule has 0 amide bonds. The maximum Gasteiger partial charge on any atom is 0.318 e. The Hall–Kier alpha value is -3.18. The van der Waals surface area contributed by atoms with Crippen LogP contribution in [0.15, 0.2) is 24.9 Å². The third-order valence-corrected chi connectivity index (χ3v) is 12.2. The molecule has 2 saturated carbocycles. The maximum absolute atomic E-state index is 16.3. The molecule has 0 bridgehead atoms. The van der Waals surface area contributed by atoms with Gasteiger partial charge >= 0.3 is 6.01 Å². The first-order valence-electron chi connectivity index (χ1n) is 18.6. The number of hydrogen-bond donors (Lipinski definition) is 1. The number of β-amino-alcohol motifs (C(OH)–C–C–N with tert-alkyl or cyclic N) is 1. The number of fused-ring (bicyclic) bond motifs is 6. The average Bonchev–Trinajstić information content (AvgIpc) is 3.98. The number of rotatable bonds is 7. The maximum atomic E-state index is 16.3. The molecule has 3 aromatic rings. The molecule has 8 nitrogen and oxygen atoms in total. The van der Waals surface area contributed by atoms with Gasteiger partial charge in [-0.1, -0.05) is 38.1 Å². The summed E-state index contributed by atoms with van der Waals surface area (Å²) in [6.45, 7) is 14.9. The predicted molar refractivity (Wildman–Crippen MR) is 196 cm³/mol. The number of pyridine rings is 1. The van der Waals surface area contributed by atoms with Crippen LogP contribution in [0, 0.1) is 6.92 Å². The number of aliphatic hydroxyl groups is 1. The Kier molecular flexibility index (Phi) is 8.52. The molecule has 1 aromatic carbocycles. The molecule has 0 unspecified atom stereocenters. The lowest BCUT2D eigenvalue weighted by Gasteiger charge is -2.32. The molecule has 5 heterocycles. The fourth-order valence-corrected chi connectivity index (χ4v) is 9.75. The number of aryl methyl sites for hydroxylation is 1. The zero-order chi connectivity index (χ0) is 35.9. The van der Waals surface area contributed by atoms with E-state index in [1.54, 1.807) is 19.2 Å². The normalized spacial score (nSPS) is 28.0.